The Bertz CT molecular complexity index is 1650. The van der Waals surface area contributed by atoms with Crippen molar-refractivity contribution in [3.63, 3.8) is 0 Å². The molecule has 0 radical (unpaired) electrons. The Labute approximate surface area is 286 Å². The number of hydrogen-bond donors (Lipinski definition) is 3. The smallest absolute Gasteiger partial charge is 0.255 e. The maximum absolute atomic E-state index is 13.7. The van der Waals surface area contributed by atoms with Gasteiger partial charge < -0.3 is 35.2 Å². The fourth-order valence-corrected chi connectivity index (χ4v) is 6.18. The summed E-state index contributed by atoms with van der Waals surface area (Å²) in [6.07, 6.45) is 1.61. The molecule has 3 aromatic carbocycles. The van der Waals surface area contributed by atoms with Crippen LogP contribution < -0.4 is 25.4 Å². The van der Waals surface area contributed by atoms with Crippen LogP contribution in [0.3, 0.4) is 0 Å². The molecule has 0 unspecified atom stereocenters. The molecule has 2 heterocycles. The fraction of sp³-hybridized carbons (Fsp3) is 0.378. The van der Waals surface area contributed by atoms with E-state index in [1.807, 2.05) is 54.6 Å². The van der Waals surface area contributed by atoms with Gasteiger partial charge in [0.15, 0.2) is 0 Å². The van der Waals surface area contributed by atoms with E-state index in [1.165, 1.54) is 16.8 Å². The zero-order valence-corrected chi connectivity index (χ0v) is 27.9. The summed E-state index contributed by atoms with van der Waals surface area (Å²) < 4.78 is 11.4. The van der Waals surface area contributed by atoms with E-state index >= 15 is 0 Å². The molecule has 49 heavy (non-hydrogen) atoms. The molecule has 258 valence electrons. The van der Waals surface area contributed by atoms with Crippen LogP contribution in [-0.2, 0) is 32.0 Å². The molecule has 5 rings (SSSR count). The summed E-state index contributed by atoms with van der Waals surface area (Å²) in [6, 6.07) is 21.2. The number of carbonyl (C=O) groups excluding carboxylic acids is 5. The van der Waals surface area contributed by atoms with E-state index in [0.717, 1.165) is 11.1 Å². The maximum atomic E-state index is 13.7. The van der Waals surface area contributed by atoms with Crippen LogP contribution in [0.25, 0.3) is 0 Å². The van der Waals surface area contributed by atoms with Crippen LogP contribution in [-0.4, -0.2) is 97.9 Å². The van der Waals surface area contributed by atoms with Crippen LogP contribution in [0, 0.1) is 0 Å². The van der Waals surface area contributed by atoms with Gasteiger partial charge in [-0.25, -0.2) is 0 Å². The number of nitrogens with zero attached hydrogens (tertiary/aromatic N) is 2. The van der Waals surface area contributed by atoms with Crippen LogP contribution >= 0.6 is 0 Å². The Balaban J connectivity index is 1.40. The zero-order valence-electron chi connectivity index (χ0n) is 27.9. The van der Waals surface area contributed by atoms with Crippen molar-refractivity contribution in [1.29, 1.82) is 0 Å². The van der Waals surface area contributed by atoms with Gasteiger partial charge >= 0.3 is 0 Å². The van der Waals surface area contributed by atoms with Gasteiger partial charge in [0.05, 0.1) is 31.7 Å². The van der Waals surface area contributed by atoms with Crippen molar-refractivity contribution >= 4 is 29.5 Å². The second-order valence-corrected chi connectivity index (χ2v) is 12.3. The third-order valence-electron chi connectivity index (χ3n) is 8.72. The highest BCUT2D eigenvalue weighted by atomic mass is 16.5. The number of carbonyl (C=O) groups is 5. The quantitative estimate of drug-likeness (QED) is 0.349. The minimum Gasteiger partial charge on any atom is -0.497 e. The number of para-hydroxylation sites is 1. The van der Waals surface area contributed by atoms with Gasteiger partial charge in [0.25, 0.3) is 5.91 Å². The molecule has 3 atom stereocenters. The predicted molar refractivity (Wildman–Crippen MR) is 182 cm³/mol. The Kier molecular flexibility index (Phi) is 11.9. The largest absolute Gasteiger partial charge is 0.497 e. The lowest BCUT2D eigenvalue weighted by Gasteiger charge is -2.29. The highest BCUT2D eigenvalue weighted by Gasteiger charge is 2.38. The normalized spacial score (nSPS) is 20.7. The molecule has 0 saturated carbocycles. The van der Waals surface area contributed by atoms with Gasteiger partial charge in [0, 0.05) is 20.1 Å². The molecular formula is C37H43N5O7. The molecule has 1 saturated heterocycles. The average molecular weight is 670 g/mol. The molecule has 2 aliphatic heterocycles. The number of fused-ring (bicyclic) bond motifs is 2. The van der Waals surface area contributed by atoms with Gasteiger partial charge in [0.1, 0.15) is 30.2 Å². The molecule has 12 nitrogen and oxygen atoms in total. The van der Waals surface area contributed by atoms with E-state index in [9.17, 15) is 24.0 Å². The minimum absolute atomic E-state index is 0.0334. The molecule has 3 aromatic rings. The lowest BCUT2D eigenvalue weighted by atomic mass is 10.1. The topological polar surface area (TPSA) is 146 Å². The number of methoxy groups -OCH3 is 1. The van der Waals surface area contributed by atoms with Gasteiger partial charge in [-0.1, -0.05) is 54.6 Å². The van der Waals surface area contributed by atoms with Crippen molar-refractivity contribution in [3.8, 4) is 11.5 Å². The van der Waals surface area contributed by atoms with Gasteiger partial charge in [-0.05, 0) is 61.1 Å². The summed E-state index contributed by atoms with van der Waals surface area (Å²) in [7, 11) is 3.12. The van der Waals surface area contributed by atoms with Crippen LogP contribution in [0.15, 0.2) is 78.9 Å². The molecule has 3 N–H and O–H groups in total. The SMILES string of the molecule is COc1cccc(CCNC(=O)[C@@H]2CC(=O)N3CCC[C@H]3C(=O)N(C)CC(=O)N[C@H](Cc3ccccc3)COc3ccccc3C(=O)N2)c1. The third-order valence-corrected chi connectivity index (χ3v) is 8.72. The molecule has 1 fully saturated rings. The molecule has 2 aliphatic rings. The van der Waals surface area contributed by atoms with Crippen molar-refractivity contribution < 1.29 is 33.4 Å². The van der Waals surface area contributed by atoms with E-state index in [0.29, 0.717) is 38.0 Å². The number of ether oxygens (including phenoxy) is 2. The summed E-state index contributed by atoms with van der Waals surface area (Å²) in [5, 5.41) is 8.60. The molecule has 5 amide bonds. The molecule has 0 spiro atoms. The highest BCUT2D eigenvalue weighted by molar-refractivity contribution is 6.01. The first-order valence-corrected chi connectivity index (χ1v) is 16.5. The van der Waals surface area contributed by atoms with Crippen molar-refractivity contribution in [1.82, 2.24) is 25.8 Å². The number of hydrogen-bond acceptors (Lipinski definition) is 7. The van der Waals surface area contributed by atoms with E-state index in [2.05, 4.69) is 16.0 Å². The van der Waals surface area contributed by atoms with Crippen LogP contribution in [0.4, 0.5) is 0 Å². The summed E-state index contributed by atoms with van der Waals surface area (Å²) in [5.74, 6) is -1.36. The first kappa shape index (κ1) is 34.9. The predicted octanol–water partition coefficient (Wildman–Crippen LogP) is 2.11. The van der Waals surface area contributed by atoms with Crippen LogP contribution in [0.1, 0.15) is 40.7 Å². The molecule has 0 aliphatic carbocycles. The fourth-order valence-electron chi connectivity index (χ4n) is 6.18. The molecule has 0 bridgehead atoms. The number of benzene rings is 3. The number of nitrogens with one attached hydrogen (secondary N) is 3. The number of likely N-dealkylation sites (N-methyl/N-ethyl adjacent to an activating group) is 1. The number of rotatable bonds is 7. The Morgan fingerprint density at radius 2 is 1.71 bits per heavy atom. The van der Waals surface area contributed by atoms with Crippen molar-refractivity contribution in [2.45, 2.75) is 50.2 Å². The van der Waals surface area contributed by atoms with Gasteiger partial charge in [0.2, 0.25) is 23.6 Å². The van der Waals surface area contributed by atoms with Crippen LogP contribution in [0.5, 0.6) is 11.5 Å². The first-order valence-electron chi connectivity index (χ1n) is 16.5. The third kappa shape index (κ3) is 9.37. The van der Waals surface area contributed by atoms with E-state index in [4.69, 9.17) is 9.47 Å². The summed E-state index contributed by atoms with van der Waals surface area (Å²) in [5.41, 5.74) is 2.09. The van der Waals surface area contributed by atoms with E-state index < -0.39 is 35.8 Å². The van der Waals surface area contributed by atoms with E-state index in [1.54, 1.807) is 31.4 Å². The van der Waals surface area contributed by atoms with Crippen LogP contribution in [0.2, 0.25) is 0 Å². The standard InChI is InChI=1S/C37H43N5O7/c1-41-23-33(43)39-27(20-25-10-4-3-5-11-25)24-49-32-16-7-6-14-29(32)35(45)40-30(22-34(44)42-19-9-15-31(42)37(41)47)36(46)38-18-17-26-12-8-13-28(21-26)48-2/h3-8,10-14,16,21,27,30-31H,9,15,17-20,22-24H2,1-2H3,(H,38,46)(H,39,43)(H,40,45)/t27-,30+,31+/m1/s1. The maximum Gasteiger partial charge on any atom is 0.255 e. The second-order valence-electron chi connectivity index (χ2n) is 12.3. The van der Waals surface area contributed by atoms with Gasteiger partial charge in [-0.2, -0.15) is 0 Å². The van der Waals surface area contributed by atoms with Crippen molar-refractivity contribution in [2.75, 3.05) is 40.4 Å². The molecule has 12 heteroatoms. The average Bonchev–Trinajstić information content (AvgIpc) is 3.60. The number of amides is 5. The summed E-state index contributed by atoms with van der Waals surface area (Å²) in [4.78, 5) is 70.6. The van der Waals surface area contributed by atoms with Gasteiger partial charge in [-0.15, -0.1) is 0 Å². The molecular weight excluding hydrogens is 626 g/mol. The summed E-state index contributed by atoms with van der Waals surface area (Å²) >= 11 is 0. The van der Waals surface area contributed by atoms with E-state index in [-0.39, 0.29) is 49.2 Å². The lowest BCUT2D eigenvalue weighted by molar-refractivity contribution is -0.145. The van der Waals surface area contributed by atoms with Crippen molar-refractivity contribution in [3.05, 3.63) is 95.6 Å². The van der Waals surface area contributed by atoms with Crippen molar-refractivity contribution in [2.24, 2.45) is 0 Å². The monoisotopic (exact) mass is 669 g/mol. The lowest BCUT2D eigenvalue weighted by Crippen LogP contribution is -2.53. The zero-order chi connectivity index (χ0) is 34.8. The second kappa shape index (κ2) is 16.6. The minimum atomic E-state index is -1.22. The Morgan fingerprint density at radius 1 is 0.959 bits per heavy atom. The highest BCUT2D eigenvalue weighted by Crippen LogP contribution is 2.23. The van der Waals surface area contributed by atoms with Gasteiger partial charge in [-0.3, -0.25) is 24.0 Å². The molecule has 0 aromatic heterocycles. The summed E-state index contributed by atoms with van der Waals surface area (Å²) in [6.45, 7) is 0.401. The first-order chi connectivity index (χ1) is 23.7. The Morgan fingerprint density at radius 3 is 2.51 bits per heavy atom. The Hall–Kier alpha value is -5.39.